The smallest absolute Gasteiger partial charge is 0.469 e. The van der Waals surface area contributed by atoms with Crippen LogP contribution in [0.3, 0.4) is 0 Å². The van der Waals surface area contributed by atoms with E-state index in [9.17, 15) is 4.79 Å². The fourth-order valence-corrected chi connectivity index (χ4v) is 0.876. The molecule has 14 heavy (non-hydrogen) atoms. The van der Waals surface area contributed by atoms with Crippen LogP contribution in [0.15, 0.2) is 30.3 Å². The number of carbonyl (C=O) groups excluding carboxylic acids is 1. The molecule has 0 aliphatic heterocycles. The van der Waals surface area contributed by atoms with E-state index in [1.165, 1.54) is 7.11 Å². The molecule has 68 valence electrons. The third-order valence-electron chi connectivity index (χ3n) is 1.54. The molecule has 0 amide bonds. The Balaban J connectivity index is 0.00000169. The minimum Gasteiger partial charge on any atom is -0.469 e. The van der Waals surface area contributed by atoms with Crippen LogP contribution in [0.2, 0.25) is 0 Å². The van der Waals surface area contributed by atoms with Gasteiger partial charge in [-0.15, -0.1) is 42.5 Å². The normalized spacial score (nSPS) is 9.50. The minimum absolute atomic E-state index is 0. The number of carbonyl (C=O) groups is 1. The van der Waals surface area contributed by atoms with Crippen LogP contribution in [0.5, 0.6) is 0 Å². The molecule has 0 bridgehead atoms. The minimum atomic E-state index is -0.229. The summed E-state index contributed by atoms with van der Waals surface area (Å²) in [6.07, 6.45) is 3.91. The maximum absolute atomic E-state index is 10.7. The Bertz CT molecular complexity index is 293. The van der Waals surface area contributed by atoms with E-state index in [4.69, 9.17) is 0 Å². The van der Waals surface area contributed by atoms with Crippen molar-refractivity contribution in [3.05, 3.63) is 42.0 Å². The summed E-state index contributed by atoms with van der Waals surface area (Å²) in [4.78, 5) is 10.7. The van der Waals surface area contributed by atoms with Gasteiger partial charge < -0.3 is 4.74 Å². The van der Waals surface area contributed by atoms with Crippen molar-refractivity contribution < 1.29 is 42.2 Å². The van der Waals surface area contributed by atoms with Crippen LogP contribution in [-0.2, 0) is 42.2 Å². The summed E-state index contributed by atoms with van der Waals surface area (Å²) in [5.74, 6) is -0.229. The van der Waals surface area contributed by atoms with Crippen molar-refractivity contribution in [2.75, 3.05) is 7.11 Å². The molecule has 0 aliphatic carbocycles. The van der Waals surface area contributed by atoms with Crippen LogP contribution in [-0.4, -0.2) is 13.1 Å². The van der Waals surface area contributed by atoms with Gasteiger partial charge in [-0.25, -0.2) is 0 Å². The number of benzene rings is 1. The Morgan fingerprint density at radius 1 is 1.57 bits per heavy atom. The quantitative estimate of drug-likeness (QED) is 0.617. The zero-order valence-corrected chi connectivity index (χ0v) is 10.9. The standard InChI is InChI=1S/C11H11O2.Y/c1-13-11(12)9-5-8-10-6-3-2-4-7-10;/h2-6,8H,9H2,1H3;/q-1;+3/b8-5+;. The third-order valence-corrected chi connectivity index (χ3v) is 1.54. The molecule has 0 aromatic heterocycles. The Morgan fingerprint density at radius 2 is 2.36 bits per heavy atom. The largest absolute Gasteiger partial charge is 3.00 e. The fourth-order valence-electron chi connectivity index (χ4n) is 0.876. The first-order chi connectivity index (χ1) is 6.33. The molecule has 2 nitrogen and oxygen atoms in total. The average Bonchev–Trinajstić information content (AvgIpc) is 2.19. The summed E-state index contributed by atoms with van der Waals surface area (Å²) in [5.41, 5.74) is 0.964. The predicted octanol–water partition coefficient (Wildman–Crippen LogP) is 2.06. The van der Waals surface area contributed by atoms with Crippen molar-refractivity contribution in [1.29, 1.82) is 0 Å². The van der Waals surface area contributed by atoms with Crippen molar-refractivity contribution in [2.24, 2.45) is 0 Å². The van der Waals surface area contributed by atoms with E-state index in [1.807, 2.05) is 30.3 Å². The van der Waals surface area contributed by atoms with E-state index in [2.05, 4.69) is 10.8 Å². The number of hydrogen-bond acceptors (Lipinski definition) is 2. The maximum atomic E-state index is 10.7. The summed E-state index contributed by atoms with van der Waals surface area (Å²) >= 11 is 0. The van der Waals surface area contributed by atoms with Crippen molar-refractivity contribution in [2.45, 2.75) is 6.42 Å². The van der Waals surface area contributed by atoms with Crippen LogP contribution in [0.25, 0.3) is 6.08 Å². The van der Waals surface area contributed by atoms with Gasteiger partial charge in [-0.3, -0.25) is 4.79 Å². The van der Waals surface area contributed by atoms with Gasteiger partial charge in [0.25, 0.3) is 0 Å². The van der Waals surface area contributed by atoms with Gasteiger partial charge in [0.05, 0.1) is 13.5 Å². The zero-order valence-electron chi connectivity index (χ0n) is 8.07. The number of methoxy groups -OCH3 is 1. The molecule has 1 rings (SSSR count). The van der Waals surface area contributed by atoms with Crippen LogP contribution in [0, 0.1) is 6.07 Å². The van der Waals surface area contributed by atoms with Crippen LogP contribution in [0.1, 0.15) is 12.0 Å². The van der Waals surface area contributed by atoms with Crippen molar-refractivity contribution in [1.82, 2.24) is 0 Å². The molecule has 0 saturated heterocycles. The van der Waals surface area contributed by atoms with E-state index in [-0.39, 0.29) is 38.7 Å². The van der Waals surface area contributed by atoms with Gasteiger partial charge in [0.1, 0.15) is 0 Å². The second-order valence-corrected chi connectivity index (χ2v) is 2.50. The number of rotatable bonds is 3. The maximum Gasteiger partial charge on any atom is 3.00 e. The monoisotopic (exact) mass is 264 g/mol. The van der Waals surface area contributed by atoms with E-state index >= 15 is 0 Å². The molecule has 1 aromatic rings. The molecule has 0 N–H and O–H groups in total. The third kappa shape index (κ3) is 5.30. The van der Waals surface area contributed by atoms with Crippen LogP contribution in [0.4, 0.5) is 0 Å². The van der Waals surface area contributed by atoms with Crippen molar-refractivity contribution in [3.8, 4) is 0 Å². The summed E-state index contributed by atoms with van der Waals surface area (Å²) in [7, 11) is 1.38. The second-order valence-electron chi connectivity index (χ2n) is 2.50. The van der Waals surface area contributed by atoms with Crippen LogP contribution >= 0.6 is 0 Å². The van der Waals surface area contributed by atoms with Gasteiger partial charge in [-0.05, 0) is 0 Å². The molecule has 0 spiro atoms. The van der Waals surface area contributed by atoms with Gasteiger partial charge in [0.15, 0.2) is 0 Å². The van der Waals surface area contributed by atoms with E-state index < -0.39 is 0 Å². The number of esters is 1. The molecule has 0 aliphatic rings. The fraction of sp³-hybridized carbons (Fsp3) is 0.182. The molecule has 1 aromatic carbocycles. The molecular formula is C11H11O2Y+2. The summed E-state index contributed by atoms with van der Waals surface area (Å²) < 4.78 is 4.49. The number of ether oxygens (including phenoxy) is 1. The molecule has 0 radical (unpaired) electrons. The Morgan fingerprint density at radius 3 is 2.93 bits per heavy atom. The van der Waals surface area contributed by atoms with Gasteiger partial charge >= 0.3 is 38.7 Å². The summed E-state index contributed by atoms with van der Waals surface area (Å²) in [5, 5.41) is 0. The number of hydrogen-bond donors (Lipinski definition) is 0. The Hall–Kier alpha value is -0.466. The van der Waals surface area contributed by atoms with Gasteiger partial charge in [0, 0.05) is 0 Å². The van der Waals surface area contributed by atoms with Crippen LogP contribution < -0.4 is 0 Å². The van der Waals surface area contributed by atoms with E-state index in [1.54, 1.807) is 6.08 Å². The van der Waals surface area contributed by atoms with Crippen molar-refractivity contribution >= 4 is 12.0 Å². The van der Waals surface area contributed by atoms with Gasteiger partial charge in [0.2, 0.25) is 0 Å². The topological polar surface area (TPSA) is 26.3 Å². The molecule has 3 heteroatoms. The molecule has 0 saturated carbocycles. The first-order valence-corrected chi connectivity index (χ1v) is 4.03. The predicted molar refractivity (Wildman–Crippen MR) is 50.9 cm³/mol. The molecular weight excluding hydrogens is 253 g/mol. The summed E-state index contributed by atoms with van der Waals surface area (Å²) in [6, 6.07) is 10.6. The molecule has 0 heterocycles. The zero-order chi connectivity index (χ0) is 9.52. The van der Waals surface area contributed by atoms with E-state index in [0.717, 1.165) is 5.56 Å². The van der Waals surface area contributed by atoms with Crippen molar-refractivity contribution in [3.63, 3.8) is 0 Å². The first kappa shape index (κ1) is 13.5. The summed E-state index contributed by atoms with van der Waals surface area (Å²) in [6.45, 7) is 0. The second kappa shape index (κ2) is 7.89. The molecule has 0 atom stereocenters. The van der Waals surface area contributed by atoms with Gasteiger partial charge in [-0.1, -0.05) is 0 Å². The SMILES string of the molecule is COC(=O)C/C=C/c1[c-]cccc1.[Y+3]. The Labute approximate surface area is 109 Å². The first-order valence-electron chi connectivity index (χ1n) is 4.03. The Kier molecular flexibility index (Phi) is 7.63. The average molecular weight is 264 g/mol. The van der Waals surface area contributed by atoms with E-state index in [0.29, 0.717) is 6.42 Å². The molecule has 0 unspecified atom stereocenters. The van der Waals surface area contributed by atoms with Gasteiger partial charge in [-0.2, -0.15) is 5.56 Å². The molecule has 0 fully saturated rings.